The third kappa shape index (κ3) is 1.51. The molecule has 1 spiro atoms. The molecule has 3 saturated carbocycles. The van der Waals surface area contributed by atoms with Crippen molar-refractivity contribution in [3.05, 3.63) is 11.1 Å². The molecule has 0 heterocycles. The molecule has 1 nitrogen and oxygen atoms in total. The molecule has 0 N–H and O–H groups in total. The van der Waals surface area contributed by atoms with Crippen LogP contribution in [0.2, 0.25) is 0 Å². The van der Waals surface area contributed by atoms with Crippen molar-refractivity contribution >= 4 is 5.78 Å². The number of carbonyl (C=O) groups excluding carboxylic acids is 1. The number of Topliss-reactive ketones (excluding diaryl/α,β-unsaturated/α-hetero) is 1. The minimum Gasteiger partial charge on any atom is -0.295 e. The summed E-state index contributed by atoms with van der Waals surface area (Å²) in [4.78, 5) is 12.5. The Balaban J connectivity index is 1.86. The lowest BCUT2D eigenvalue weighted by molar-refractivity contribution is -0.124. The second-order valence-electron chi connectivity index (χ2n) is 8.67. The highest BCUT2D eigenvalue weighted by atomic mass is 16.1. The molecule has 3 fully saturated rings. The van der Waals surface area contributed by atoms with Crippen molar-refractivity contribution < 1.29 is 4.79 Å². The van der Waals surface area contributed by atoms with E-state index in [1.165, 1.54) is 51.4 Å². The zero-order chi connectivity index (χ0) is 14.8. The highest BCUT2D eigenvalue weighted by Crippen LogP contribution is 2.75. The van der Waals surface area contributed by atoms with Gasteiger partial charge in [-0.1, -0.05) is 38.7 Å². The van der Waals surface area contributed by atoms with Gasteiger partial charge in [0.15, 0.2) is 5.78 Å². The van der Waals surface area contributed by atoms with Crippen LogP contribution in [0.15, 0.2) is 11.1 Å². The molecule has 0 unspecified atom stereocenters. The van der Waals surface area contributed by atoms with E-state index in [0.717, 1.165) is 23.8 Å². The summed E-state index contributed by atoms with van der Waals surface area (Å²) in [6, 6.07) is 0. The van der Waals surface area contributed by atoms with E-state index in [-0.39, 0.29) is 5.41 Å². The van der Waals surface area contributed by atoms with Gasteiger partial charge in [-0.15, -0.1) is 0 Å². The Bertz CT molecular complexity index is 510. The van der Waals surface area contributed by atoms with Gasteiger partial charge in [0.25, 0.3) is 0 Å². The van der Waals surface area contributed by atoms with Crippen LogP contribution in [0.3, 0.4) is 0 Å². The Hall–Kier alpha value is -0.590. The van der Waals surface area contributed by atoms with Gasteiger partial charge in [0.1, 0.15) is 0 Å². The van der Waals surface area contributed by atoms with Crippen LogP contribution in [-0.4, -0.2) is 5.78 Å². The van der Waals surface area contributed by atoms with Gasteiger partial charge in [0, 0.05) is 11.8 Å². The third-order valence-corrected chi connectivity index (χ3v) is 8.35. The van der Waals surface area contributed by atoms with E-state index < -0.39 is 0 Å². The molecule has 0 amide bonds. The zero-order valence-electron chi connectivity index (χ0n) is 14.0. The maximum atomic E-state index is 12.5. The molecule has 0 radical (unpaired) electrons. The Morgan fingerprint density at radius 1 is 1.00 bits per heavy atom. The number of allylic oxidation sites excluding steroid dienone is 2. The molecule has 1 heteroatoms. The van der Waals surface area contributed by atoms with Crippen LogP contribution in [-0.2, 0) is 4.79 Å². The Morgan fingerprint density at radius 2 is 1.71 bits per heavy atom. The molecule has 4 aliphatic rings. The van der Waals surface area contributed by atoms with E-state index in [4.69, 9.17) is 0 Å². The van der Waals surface area contributed by atoms with E-state index >= 15 is 0 Å². The molecule has 2 bridgehead atoms. The average Bonchev–Trinajstić information content (AvgIpc) is 2.82. The molecule has 4 rings (SSSR count). The smallest absolute Gasteiger partial charge is 0.159 e. The summed E-state index contributed by atoms with van der Waals surface area (Å²) in [6.07, 6.45) is 11.9. The number of hydrogen-bond acceptors (Lipinski definition) is 1. The number of rotatable bonds is 1. The number of hydrogen-bond donors (Lipinski definition) is 0. The molecule has 0 aliphatic heterocycles. The maximum absolute atomic E-state index is 12.5. The number of ketones is 1. The fourth-order valence-electron chi connectivity index (χ4n) is 7.17. The van der Waals surface area contributed by atoms with E-state index in [0.29, 0.717) is 17.1 Å². The maximum Gasteiger partial charge on any atom is 0.159 e. The molecule has 116 valence electrons. The normalized spacial score (nSPS) is 47.1. The van der Waals surface area contributed by atoms with Gasteiger partial charge < -0.3 is 0 Å². The second kappa shape index (κ2) is 4.46. The Kier molecular flexibility index (Phi) is 2.98. The third-order valence-electron chi connectivity index (χ3n) is 8.35. The highest BCUT2D eigenvalue weighted by Gasteiger charge is 2.68. The zero-order valence-corrected chi connectivity index (χ0v) is 14.0. The Morgan fingerprint density at radius 3 is 2.43 bits per heavy atom. The summed E-state index contributed by atoms with van der Waals surface area (Å²) < 4.78 is 0. The summed E-state index contributed by atoms with van der Waals surface area (Å²) in [5, 5.41) is 0. The van der Waals surface area contributed by atoms with Crippen molar-refractivity contribution in [2.45, 2.75) is 78.6 Å². The van der Waals surface area contributed by atoms with Crippen LogP contribution in [0, 0.1) is 28.6 Å². The monoisotopic (exact) mass is 286 g/mol. The first kappa shape index (κ1) is 14.0. The van der Waals surface area contributed by atoms with Gasteiger partial charge in [-0.05, 0) is 67.8 Å². The predicted molar refractivity (Wildman–Crippen MR) is 85.9 cm³/mol. The van der Waals surface area contributed by atoms with E-state index in [9.17, 15) is 4.79 Å². The van der Waals surface area contributed by atoms with Crippen LogP contribution in [0.4, 0.5) is 0 Å². The lowest BCUT2D eigenvalue weighted by Gasteiger charge is -2.57. The fourth-order valence-corrected chi connectivity index (χ4v) is 7.17. The van der Waals surface area contributed by atoms with Crippen LogP contribution in [0.1, 0.15) is 78.6 Å². The van der Waals surface area contributed by atoms with Gasteiger partial charge in [-0.3, -0.25) is 4.79 Å². The van der Waals surface area contributed by atoms with Crippen LogP contribution >= 0.6 is 0 Å². The average molecular weight is 286 g/mol. The summed E-state index contributed by atoms with van der Waals surface area (Å²) in [7, 11) is 0. The number of fused-ring (bicyclic) bond motifs is 1. The molecule has 21 heavy (non-hydrogen) atoms. The first-order chi connectivity index (χ1) is 10.0. The van der Waals surface area contributed by atoms with Gasteiger partial charge in [0.05, 0.1) is 0 Å². The van der Waals surface area contributed by atoms with Crippen LogP contribution in [0.25, 0.3) is 0 Å². The summed E-state index contributed by atoms with van der Waals surface area (Å²) in [5.41, 5.74) is 3.43. The topological polar surface area (TPSA) is 17.1 Å². The van der Waals surface area contributed by atoms with Crippen LogP contribution < -0.4 is 0 Å². The van der Waals surface area contributed by atoms with Crippen molar-refractivity contribution in [2.24, 2.45) is 28.6 Å². The van der Waals surface area contributed by atoms with Gasteiger partial charge >= 0.3 is 0 Å². The fraction of sp³-hybridized carbons (Fsp3) is 0.850. The molecule has 0 aromatic carbocycles. The van der Waals surface area contributed by atoms with Crippen molar-refractivity contribution in [1.29, 1.82) is 0 Å². The first-order valence-corrected chi connectivity index (χ1v) is 9.25. The quantitative estimate of drug-likeness (QED) is 0.639. The lowest BCUT2D eigenvalue weighted by Crippen LogP contribution is -2.51. The molecule has 0 aromatic heterocycles. The van der Waals surface area contributed by atoms with Crippen molar-refractivity contribution in [3.8, 4) is 0 Å². The van der Waals surface area contributed by atoms with E-state index in [1.807, 2.05) is 0 Å². The molecule has 4 atom stereocenters. The van der Waals surface area contributed by atoms with Crippen molar-refractivity contribution in [3.63, 3.8) is 0 Å². The molecular weight excluding hydrogens is 256 g/mol. The van der Waals surface area contributed by atoms with E-state index in [1.54, 1.807) is 5.57 Å². The Labute approximate surface area is 129 Å². The SMILES string of the molecule is CC1=C2C[C@H]3CC[C@@H](C)[C@]2(CC1=O)[C@@]3(C)C1CCCCC1. The minimum absolute atomic E-state index is 0.249. The molecule has 0 aromatic rings. The van der Waals surface area contributed by atoms with Crippen molar-refractivity contribution in [2.75, 3.05) is 0 Å². The highest BCUT2D eigenvalue weighted by molar-refractivity contribution is 6.00. The van der Waals surface area contributed by atoms with E-state index in [2.05, 4.69) is 20.8 Å². The summed E-state index contributed by atoms with van der Waals surface area (Å²) in [6.45, 7) is 7.18. The molecule has 4 aliphatic carbocycles. The first-order valence-electron chi connectivity index (χ1n) is 9.25. The minimum atomic E-state index is 0.249. The predicted octanol–water partition coefficient (Wildman–Crippen LogP) is 5.30. The summed E-state index contributed by atoms with van der Waals surface area (Å²) in [5.74, 6) is 2.91. The standard InChI is InChI=1S/C20H30O/c1-13-9-10-16-11-17-14(2)18(21)12-20(13,17)19(16,3)15-7-5-4-6-8-15/h13,15-16H,4-12H2,1-3H3/t13-,16-,19+,20+/m1/s1. The second-order valence-corrected chi connectivity index (χ2v) is 8.67. The number of carbonyl (C=O) groups is 1. The van der Waals surface area contributed by atoms with Crippen LogP contribution in [0.5, 0.6) is 0 Å². The molecular formula is C20H30O. The van der Waals surface area contributed by atoms with Crippen molar-refractivity contribution in [1.82, 2.24) is 0 Å². The largest absolute Gasteiger partial charge is 0.295 e. The van der Waals surface area contributed by atoms with Gasteiger partial charge in [-0.25, -0.2) is 0 Å². The molecule has 0 saturated heterocycles. The van der Waals surface area contributed by atoms with Gasteiger partial charge in [-0.2, -0.15) is 0 Å². The summed E-state index contributed by atoms with van der Waals surface area (Å²) >= 11 is 0. The lowest BCUT2D eigenvalue weighted by atomic mass is 9.46. The van der Waals surface area contributed by atoms with Gasteiger partial charge in [0.2, 0.25) is 0 Å².